The number of benzene rings is 1. The standard InChI is InChI=1S/C14H17N3O5S/c1-10-8-13(16-22-10)17(23(3,19)20)9-14(18)15-11-6-4-5-7-12(11)21-2/h4-8H,9H2,1-3H3,(H,15,18). The molecule has 1 heterocycles. The maximum atomic E-state index is 12.2. The Morgan fingerprint density at radius 3 is 2.65 bits per heavy atom. The van der Waals surface area contributed by atoms with Gasteiger partial charge in [0, 0.05) is 6.07 Å². The molecular formula is C14H17N3O5S. The molecule has 1 aromatic carbocycles. The van der Waals surface area contributed by atoms with Crippen molar-refractivity contribution in [2.75, 3.05) is 29.5 Å². The zero-order chi connectivity index (χ0) is 17.0. The lowest BCUT2D eigenvalue weighted by Crippen LogP contribution is -2.37. The SMILES string of the molecule is COc1ccccc1NC(=O)CN(c1cc(C)on1)S(C)(=O)=O. The molecule has 0 aliphatic heterocycles. The van der Waals surface area contributed by atoms with E-state index in [1.807, 2.05) is 0 Å². The van der Waals surface area contributed by atoms with Gasteiger partial charge in [0.2, 0.25) is 15.9 Å². The van der Waals surface area contributed by atoms with Crippen molar-refractivity contribution in [2.24, 2.45) is 0 Å². The van der Waals surface area contributed by atoms with Crippen molar-refractivity contribution >= 4 is 27.4 Å². The minimum absolute atomic E-state index is 0.0557. The van der Waals surface area contributed by atoms with Crippen molar-refractivity contribution in [3.63, 3.8) is 0 Å². The predicted molar refractivity (Wildman–Crippen MR) is 85.1 cm³/mol. The summed E-state index contributed by atoms with van der Waals surface area (Å²) in [6, 6.07) is 8.27. The average Bonchev–Trinajstić information content (AvgIpc) is 2.90. The molecule has 0 saturated heterocycles. The van der Waals surface area contributed by atoms with Crippen molar-refractivity contribution in [3.8, 4) is 5.75 Å². The molecule has 0 atom stereocenters. The highest BCUT2D eigenvalue weighted by Crippen LogP contribution is 2.23. The number of anilines is 2. The van der Waals surface area contributed by atoms with Crippen LogP contribution in [-0.2, 0) is 14.8 Å². The highest BCUT2D eigenvalue weighted by molar-refractivity contribution is 7.92. The molecule has 1 amide bonds. The molecule has 0 spiro atoms. The summed E-state index contributed by atoms with van der Waals surface area (Å²) in [6.07, 6.45) is 0.993. The second-order valence-electron chi connectivity index (χ2n) is 4.81. The van der Waals surface area contributed by atoms with E-state index >= 15 is 0 Å². The van der Waals surface area contributed by atoms with Gasteiger partial charge < -0.3 is 14.6 Å². The highest BCUT2D eigenvalue weighted by Gasteiger charge is 2.24. The summed E-state index contributed by atoms with van der Waals surface area (Å²) in [6.45, 7) is 1.20. The summed E-state index contributed by atoms with van der Waals surface area (Å²) in [4.78, 5) is 12.2. The summed E-state index contributed by atoms with van der Waals surface area (Å²) in [5.74, 6) is 0.448. The van der Waals surface area contributed by atoms with Crippen molar-refractivity contribution in [1.82, 2.24) is 5.16 Å². The quantitative estimate of drug-likeness (QED) is 0.853. The smallest absolute Gasteiger partial charge is 0.245 e. The highest BCUT2D eigenvalue weighted by atomic mass is 32.2. The van der Waals surface area contributed by atoms with E-state index in [0.717, 1.165) is 10.6 Å². The number of rotatable bonds is 6. The number of aryl methyl sites for hydroxylation is 1. The van der Waals surface area contributed by atoms with Gasteiger partial charge in [0.05, 0.1) is 19.1 Å². The zero-order valence-corrected chi connectivity index (χ0v) is 13.8. The summed E-state index contributed by atoms with van der Waals surface area (Å²) in [5.41, 5.74) is 0.449. The monoisotopic (exact) mass is 339 g/mol. The van der Waals surface area contributed by atoms with Crippen LogP contribution in [0.1, 0.15) is 5.76 Å². The Morgan fingerprint density at radius 2 is 2.09 bits per heavy atom. The predicted octanol–water partition coefficient (Wildman–Crippen LogP) is 1.40. The minimum atomic E-state index is -3.69. The number of aromatic nitrogens is 1. The van der Waals surface area contributed by atoms with E-state index in [1.54, 1.807) is 31.2 Å². The first-order valence-corrected chi connectivity index (χ1v) is 8.50. The van der Waals surface area contributed by atoms with E-state index in [2.05, 4.69) is 10.5 Å². The van der Waals surface area contributed by atoms with Crippen LogP contribution in [0.4, 0.5) is 11.5 Å². The summed E-state index contributed by atoms with van der Waals surface area (Å²) in [5, 5.41) is 6.26. The first-order chi connectivity index (χ1) is 10.8. The normalized spacial score (nSPS) is 11.1. The molecule has 1 aromatic heterocycles. The molecule has 0 unspecified atom stereocenters. The Kier molecular flexibility index (Phi) is 4.89. The third-order valence-electron chi connectivity index (χ3n) is 2.94. The number of amides is 1. The third-order valence-corrected chi connectivity index (χ3v) is 4.06. The fraction of sp³-hybridized carbons (Fsp3) is 0.286. The number of carbonyl (C=O) groups is 1. The summed E-state index contributed by atoms with van der Waals surface area (Å²) < 4.78 is 34.7. The fourth-order valence-corrected chi connectivity index (χ4v) is 2.68. The number of ether oxygens (including phenoxy) is 1. The van der Waals surface area contributed by atoms with Gasteiger partial charge in [-0.3, -0.25) is 4.79 Å². The van der Waals surface area contributed by atoms with Crippen LogP contribution in [0.5, 0.6) is 5.75 Å². The first-order valence-electron chi connectivity index (χ1n) is 6.65. The molecule has 8 nitrogen and oxygen atoms in total. The maximum Gasteiger partial charge on any atom is 0.245 e. The molecule has 1 N–H and O–H groups in total. The third kappa shape index (κ3) is 4.22. The van der Waals surface area contributed by atoms with Crippen LogP contribution in [0.3, 0.4) is 0 Å². The van der Waals surface area contributed by atoms with Gasteiger partial charge in [0.25, 0.3) is 0 Å². The molecule has 2 rings (SSSR count). The Labute approximate surface area is 134 Å². The molecule has 0 fully saturated rings. The number of para-hydroxylation sites is 2. The number of hydrogen-bond acceptors (Lipinski definition) is 6. The number of sulfonamides is 1. The lowest BCUT2D eigenvalue weighted by Gasteiger charge is -2.19. The summed E-state index contributed by atoms with van der Waals surface area (Å²) in [7, 11) is -2.21. The Balaban J connectivity index is 2.18. The minimum Gasteiger partial charge on any atom is -0.495 e. The summed E-state index contributed by atoms with van der Waals surface area (Å²) >= 11 is 0. The van der Waals surface area contributed by atoms with Crippen molar-refractivity contribution in [3.05, 3.63) is 36.1 Å². The van der Waals surface area contributed by atoms with Crippen molar-refractivity contribution in [1.29, 1.82) is 0 Å². The van der Waals surface area contributed by atoms with Crippen LogP contribution in [0, 0.1) is 6.92 Å². The Bertz CT molecular complexity index is 800. The van der Waals surface area contributed by atoms with Gasteiger partial charge in [0.15, 0.2) is 5.82 Å². The van der Waals surface area contributed by atoms with Crippen LogP contribution in [0.15, 0.2) is 34.9 Å². The van der Waals surface area contributed by atoms with Gasteiger partial charge >= 0.3 is 0 Å². The van der Waals surface area contributed by atoms with Gasteiger partial charge in [-0.2, -0.15) is 0 Å². The largest absolute Gasteiger partial charge is 0.495 e. The van der Waals surface area contributed by atoms with E-state index in [0.29, 0.717) is 17.2 Å². The molecule has 0 bridgehead atoms. The van der Waals surface area contributed by atoms with Crippen molar-refractivity contribution < 1.29 is 22.5 Å². The van der Waals surface area contributed by atoms with Gasteiger partial charge in [0.1, 0.15) is 18.1 Å². The molecule has 0 aliphatic rings. The second kappa shape index (κ2) is 6.69. The number of carbonyl (C=O) groups excluding carboxylic acids is 1. The van der Waals surface area contributed by atoms with Gasteiger partial charge in [-0.1, -0.05) is 17.3 Å². The van der Waals surface area contributed by atoms with E-state index in [9.17, 15) is 13.2 Å². The average molecular weight is 339 g/mol. The molecule has 124 valence electrons. The zero-order valence-electron chi connectivity index (χ0n) is 12.9. The van der Waals surface area contributed by atoms with E-state index in [-0.39, 0.29) is 5.82 Å². The molecule has 2 aromatic rings. The fourth-order valence-electron chi connectivity index (χ4n) is 1.91. The second-order valence-corrected chi connectivity index (χ2v) is 6.72. The molecular weight excluding hydrogens is 322 g/mol. The van der Waals surface area contributed by atoms with E-state index < -0.39 is 22.5 Å². The van der Waals surface area contributed by atoms with Crippen LogP contribution in [0.25, 0.3) is 0 Å². The Hall–Kier alpha value is -2.55. The number of nitrogens with zero attached hydrogens (tertiary/aromatic N) is 2. The lowest BCUT2D eigenvalue weighted by atomic mass is 10.3. The Morgan fingerprint density at radius 1 is 1.39 bits per heavy atom. The van der Waals surface area contributed by atoms with Gasteiger partial charge in [-0.05, 0) is 19.1 Å². The van der Waals surface area contributed by atoms with Crippen LogP contribution in [-0.4, -0.2) is 39.4 Å². The van der Waals surface area contributed by atoms with Gasteiger partial charge in [-0.15, -0.1) is 0 Å². The molecule has 23 heavy (non-hydrogen) atoms. The van der Waals surface area contributed by atoms with E-state index in [1.165, 1.54) is 13.2 Å². The topological polar surface area (TPSA) is 102 Å². The molecule has 0 radical (unpaired) electrons. The number of hydrogen-bond donors (Lipinski definition) is 1. The maximum absolute atomic E-state index is 12.2. The van der Waals surface area contributed by atoms with Crippen LogP contribution < -0.4 is 14.4 Å². The number of nitrogens with one attached hydrogen (secondary N) is 1. The molecule has 0 aliphatic carbocycles. The molecule has 0 saturated carbocycles. The molecule has 9 heteroatoms. The van der Waals surface area contributed by atoms with Crippen LogP contribution in [0.2, 0.25) is 0 Å². The van der Waals surface area contributed by atoms with E-state index in [4.69, 9.17) is 9.26 Å². The van der Waals surface area contributed by atoms with Crippen molar-refractivity contribution in [2.45, 2.75) is 6.92 Å². The first kappa shape index (κ1) is 16.8. The lowest BCUT2D eigenvalue weighted by molar-refractivity contribution is -0.114. The number of methoxy groups -OCH3 is 1. The van der Waals surface area contributed by atoms with Gasteiger partial charge in [-0.25, -0.2) is 12.7 Å². The van der Waals surface area contributed by atoms with Crippen LogP contribution >= 0.6 is 0 Å².